The summed E-state index contributed by atoms with van der Waals surface area (Å²) in [5.41, 5.74) is -1.48. The molecule has 0 bridgehead atoms. The van der Waals surface area contributed by atoms with Crippen LogP contribution in [0, 0.1) is 17.3 Å². The van der Waals surface area contributed by atoms with Gasteiger partial charge in [0.1, 0.15) is 6.61 Å². The van der Waals surface area contributed by atoms with Crippen LogP contribution in [0.3, 0.4) is 0 Å². The molecule has 5 N–H and O–H groups in total. The molecule has 0 saturated heterocycles. The van der Waals surface area contributed by atoms with E-state index in [2.05, 4.69) is 6.58 Å². The van der Waals surface area contributed by atoms with Gasteiger partial charge < -0.3 is 30.3 Å². The molecule has 8 nitrogen and oxygen atoms in total. The highest BCUT2D eigenvalue weighted by atomic mass is 16.5. The van der Waals surface area contributed by atoms with Crippen molar-refractivity contribution in [2.45, 2.75) is 109 Å². The van der Waals surface area contributed by atoms with Gasteiger partial charge in [0.15, 0.2) is 0 Å². The Labute approximate surface area is 208 Å². The second-order valence-electron chi connectivity index (χ2n) is 11.7. The van der Waals surface area contributed by atoms with Crippen LogP contribution in [0.25, 0.3) is 0 Å². The molecule has 0 unspecified atom stereocenters. The fourth-order valence-corrected chi connectivity index (χ4v) is 5.74. The summed E-state index contributed by atoms with van der Waals surface area (Å²) in [7, 11) is 0. The molecule has 2 aliphatic carbocycles. The number of carboxylic acid groups (broad SMARTS) is 1. The minimum atomic E-state index is -1.51. The van der Waals surface area contributed by atoms with Crippen molar-refractivity contribution in [2.75, 3.05) is 6.61 Å². The van der Waals surface area contributed by atoms with Gasteiger partial charge in [-0.25, -0.2) is 0 Å². The van der Waals surface area contributed by atoms with Gasteiger partial charge in [-0.05, 0) is 88.7 Å². The zero-order valence-corrected chi connectivity index (χ0v) is 21.6. The van der Waals surface area contributed by atoms with Gasteiger partial charge >= 0.3 is 11.9 Å². The van der Waals surface area contributed by atoms with E-state index in [1.165, 1.54) is 6.92 Å². The number of carboxylic acids is 1. The van der Waals surface area contributed by atoms with E-state index in [1.807, 2.05) is 6.92 Å². The molecule has 1 saturated carbocycles. The summed E-state index contributed by atoms with van der Waals surface area (Å²) in [6, 6.07) is 0. The largest absolute Gasteiger partial charge is 0.481 e. The first-order valence-corrected chi connectivity index (χ1v) is 12.6. The summed E-state index contributed by atoms with van der Waals surface area (Å²) in [4.78, 5) is 23.1. The van der Waals surface area contributed by atoms with Gasteiger partial charge in [-0.3, -0.25) is 9.59 Å². The number of hydrogen-bond donors (Lipinski definition) is 5. The van der Waals surface area contributed by atoms with Crippen LogP contribution in [0.15, 0.2) is 23.8 Å². The van der Waals surface area contributed by atoms with Crippen LogP contribution >= 0.6 is 0 Å². The summed E-state index contributed by atoms with van der Waals surface area (Å²) >= 11 is 0. The standard InChI is InChI=1S/C27H44O8/c1-17-6-8-20-19(25(2,3)33)10-13-27(20,5)22(29)14-18(7-9-21(17)28)16-35-24(32)11-12-26(4,34)15-23(30)31/h14,19-22,28-29,33-34H,1,6-13,15-16H2,2-5H3,(H,30,31)/b18-14+/t19-,20-,21+,22+,26-,27+/m1/s1. The van der Waals surface area contributed by atoms with E-state index >= 15 is 0 Å². The highest BCUT2D eigenvalue weighted by Crippen LogP contribution is 2.55. The highest BCUT2D eigenvalue weighted by Gasteiger charge is 2.52. The third kappa shape index (κ3) is 8.13. The smallest absolute Gasteiger partial charge is 0.306 e. The number of hydrogen-bond acceptors (Lipinski definition) is 7. The lowest BCUT2D eigenvalue weighted by Gasteiger charge is -2.41. The SMILES string of the molecule is C=C1CC[C@@H]2[C@H](C(C)(C)O)CC[C@]2(C)[C@@H](O)/C=C(/COC(=O)CC[C@@](C)(O)CC(=O)O)CC[C@@H]1O. The molecule has 0 spiro atoms. The summed E-state index contributed by atoms with van der Waals surface area (Å²) in [5, 5.41) is 51.7. The summed E-state index contributed by atoms with van der Waals surface area (Å²) < 4.78 is 5.39. The molecule has 0 aliphatic heterocycles. The highest BCUT2D eigenvalue weighted by molar-refractivity contribution is 5.70. The Balaban J connectivity index is 2.17. The predicted molar refractivity (Wildman–Crippen MR) is 131 cm³/mol. The van der Waals surface area contributed by atoms with E-state index in [-0.39, 0.29) is 31.3 Å². The van der Waals surface area contributed by atoms with E-state index in [0.29, 0.717) is 31.3 Å². The average Bonchev–Trinajstić information content (AvgIpc) is 3.08. The van der Waals surface area contributed by atoms with Gasteiger partial charge in [0.25, 0.3) is 0 Å². The molecule has 35 heavy (non-hydrogen) atoms. The lowest BCUT2D eigenvalue weighted by Crippen LogP contribution is -2.42. The quantitative estimate of drug-likeness (QED) is 0.255. The molecule has 0 aromatic heterocycles. The van der Waals surface area contributed by atoms with E-state index in [9.17, 15) is 30.0 Å². The van der Waals surface area contributed by atoms with E-state index in [1.54, 1.807) is 19.9 Å². The Morgan fingerprint density at radius 2 is 1.80 bits per heavy atom. The lowest BCUT2D eigenvalue weighted by atomic mass is 9.67. The third-order valence-electron chi connectivity index (χ3n) is 8.11. The predicted octanol–water partition coefficient (Wildman–Crippen LogP) is 3.12. The van der Waals surface area contributed by atoms with Crippen molar-refractivity contribution >= 4 is 11.9 Å². The number of rotatable bonds is 8. The minimum Gasteiger partial charge on any atom is -0.481 e. The number of fused-ring (bicyclic) bond motifs is 1. The Bertz CT molecular complexity index is 808. The van der Waals surface area contributed by atoms with Crippen LogP contribution in [0.1, 0.15) is 85.5 Å². The van der Waals surface area contributed by atoms with Crippen LogP contribution < -0.4 is 0 Å². The van der Waals surface area contributed by atoms with Gasteiger partial charge in [-0.1, -0.05) is 19.6 Å². The average molecular weight is 497 g/mol. The van der Waals surface area contributed by atoms with Crippen molar-refractivity contribution in [1.82, 2.24) is 0 Å². The fraction of sp³-hybridized carbons (Fsp3) is 0.778. The van der Waals surface area contributed by atoms with Crippen molar-refractivity contribution in [3.63, 3.8) is 0 Å². The zero-order chi connectivity index (χ0) is 26.6. The van der Waals surface area contributed by atoms with E-state index in [0.717, 1.165) is 18.4 Å². The van der Waals surface area contributed by atoms with Crippen molar-refractivity contribution < 1.29 is 39.9 Å². The Morgan fingerprint density at radius 3 is 2.40 bits per heavy atom. The maximum absolute atomic E-state index is 12.3. The summed E-state index contributed by atoms with van der Waals surface area (Å²) in [6.07, 6.45) is 3.20. The summed E-state index contributed by atoms with van der Waals surface area (Å²) in [6.45, 7) is 11.0. The summed E-state index contributed by atoms with van der Waals surface area (Å²) in [5.74, 6) is -1.69. The van der Waals surface area contributed by atoms with Gasteiger partial charge in [-0.15, -0.1) is 0 Å². The Kier molecular flexibility index (Phi) is 9.73. The van der Waals surface area contributed by atoms with Gasteiger partial charge in [0.2, 0.25) is 0 Å². The second kappa shape index (κ2) is 11.5. The molecular weight excluding hydrogens is 452 g/mol. The van der Waals surface area contributed by atoms with Crippen LogP contribution in [0.5, 0.6) is 0 Å². The van der Waals surface area contributed by atoms with Gasteiger partial charge in [-0.2, -0.15) is 0 Å². The molecule has 6 atom stereocenters. The number of aliphatic carboxylic acids is 1. The van der Waals surface area contributed by atoms with Gasteiger partial charge in [0.05, 0.1) is 29.8 Å². The zero-order valence-electron chi connectivity index (χ0n) is 21.6. The normalized spacial score (nSPS) is 33.6. The fourth-order valence-electron chi connectivity index (χ4n) is 5.74. The molecule has 2 rings (SSSR count). The second-order valence-corrected chi connectivity index (χ2v) is 11.7. The van der Waals surface area contributed by atoms with Crippen LogP contribution in [0.4, 0.5) is 0 Å². The number of carbonyl (C=O) groups excluding carboxylic acids is 1. The first kappa shape index (κ1) is 29.5. The topological polar surface area (TPSA) is 145 Å². The molecule has 0 amide bonds. The monoisotopic (exact) mass is 496 g/mol. The molecule has 0 heterocycles. The molecule has 1 fully saturated rings. The number of carbonyl (C=O) groups is 2. The molecule has 200 valence electrons. The Morgan fingerprint density at radius 1 is 1.14 bits per heavy atom. The van der Waals surface area contributed by atoms with Crippen molar-refractivity contribution in [3.8, 4) is 0 Å². The maximum Gasteiger partial charge on any atom is 0.306 e. The molecule has 0 aromatic rings. The minimum absolute atomic E-state index is 0.00104. The van der Waals surface area contributed by atoms with Crippen LogP contribution in [-0.4, -0.2) is 67.5 Å². The molecular formula is C27H44O8. The first-order chi connectivity index (χ1) is 16.0. The molecule has 2 aliphatic rings. The van der Waals surface area contributed by atoms with E-state index in [4.69, 9.17) is 9.84 Å². The van der Waals surface area contributed by atoms with Crippen LogP contribution in [0.2, 0.25) is 0 Å². The number of ether oxygens (including phenoxy) is 1. The molecule has 0 radical (unpaired) electrons. The van der Waals surface area contributed by atoms with Gasteiger partial charge in [0, 0.05) is 11.8 Å². The van der Waals surface area contributed by atoms with Crippen molar-refractivity contribution in [1.29, 1.82) is 0 Å². The first-order valence-electron chi connectivity index (χ1n) is 12.6. The van der Waals surface area contributed by atoms with Crippen molar-refractivity contribution in [3.05, 3.63) is 23.8 Å². The maximum atomic E-state index is 12.3. The van der Waals surface area contributed by atoms with Crippen LogP contribution in [-0.2, 0) is 14.3 Å². The number of esters is 1. The lowest BCUT2D eigenvalue weighted by molar-refractivity contribution is -0.147. The molecule has 0 aromatic carbocycles. The van der Waals surface area contributed by atoms with E-state index < -0.39 is 47.2 Å². The number of aliphatic hydroxyl groups is 4. The third-order valence-corrected chi connectivity index (χ3v) is 8.11. The van der Waals surface area contributed by atoms with Crippen molar-refractivity contribution in [2.24, 2.45) is 17.3 Å². The molecule has 8 heteroatoms. The number of aliphatic hydroxyl groups excluding tert-OH is 2. The Hall–Kier alpha value is -1.74.